The summed E-state index contributed by atoms with van der Waals surface area (Å²) in [5.74, 6) is 0. The van der Waals surface area contributed by atoms with Crippen molar-refractivity contribution in [3.8, 4) is 0 Å². The lowest BCUT2D eigenvalue weighted by Gasteiger charge is -1.98. The van der Waals surface area contributed by atoms with Gasteiger partial charge in [0, 0.05) is 17.1 Å². The van der Waals surface area contributed by atoms with Gasteiger partial charge in [-0.2, -0.15) is 0 Å². The van der Waals surface area contributed by atoms with E-state index in [1.54, 1.807) is 12.3 Å². The van der Waals surface area contributed by atoms with Gasteiger partial charge in [0.1, 0.15) is 5.69 Å². The second kappa shape index (κ2) is 4.90. The molecule has 0 aliphatic carbocycles. The molecule has 0 bridgehead atoms. The molecular formula is C16H12N2O. The highest BCUT2D eigenvalue weighted by molar-refractivity contribution is 5.85. The van der Waals surface area contributed by atoms with Crippen LogP contribution < -0.4 is 5.56 Å². The van der Waals surface area contributed by atoms with Crippen LogP contribution in [0.5, 0.6) is 0 Å². The molecule has 1 N–H and O–H groups in total. The molecule has 0 spiro atoms. The summed E-state index contributed by atoms with van der Waals surface area (Å²) in [4.78, 5) is 19.0. The minimum Gasteiger partial charge on any atom is -0.320 e. The van der Waals surface area contributed by atoms with Crippen molar-refractivity contribution in [3.05, 3.63) is 76.6 Å². The Morgan fingerprint density at radius 2 is 1.68 bits per heavy atom. The maximum absolute atomic E-state index is 11.9. The van der Waals surface area contributed by atoms with Gasteiger partial charge in [-0.1, -0.05) is 48.5 Å². The molecule has 3 heteroatoms. The van der Waals surface area contributed by atoms with Crippen LogP contribution in [0.15, 0.2) is 70.5 Å². The topological polar surface area (TPSA) is 45.2 Å². The van der Waals surface area contributed by atoms with Crippen LogP contribution in [-0.2, 0) is 0 Å². The van der Waals surface area contributed by atoms with Gasteiger partial charge in [-0.3, -0.25) is 9.79 Å². The van der Waals surface area contributed by atoms with Gasteiger partial charge in [-0.25, -0.2) is 0 Å². The number of aromatic nitrogens is 1. The molecule has 3 rings (SSSR count). The Labute approximate surface area is 110 Å². The van der Waals surface area contributed by atoms with E-state index in [9.17, 15) is 4.79 Å². The van der Waals surface area contributed by atoms with Gasteiger partial charge in [0.15, 0.2) is 0 Å². The molecule has 0 radical (unpaired) electrons. The number of aliphatic imine (C=N–C) groups is 1. The Bertz CT molecular complexity index is 788. The van der Waals surface area contributed by atoms with Crippen LogP contribution in [0, 0.1) is 0 Å². The molecular weight excluding hydrogens is 236 g/mol. The number of hydrogen-bond acceptors (Lipinski definition) is 2. The zero-order valence-corrected chi connectivity index (χ0v) is 10.2. The first-order valence-corrected chi connectivity index (χ1v) is 6.04. The number of nitrogens with one attached hydrogen (secondary N) is 1. The normalized spacial score (nSPS) is 11.2. The predicted molar refractivity (Wildman–Crippen MR) is 78.3 cm³/mol. The average molecular weight is 248 g/mol. The highest BCUT2D eigenvalue weighted by Gasteiger charge is 1.99. The molecule has 19 heavy (non-hydrogen) atoms. The first-order chi connectivity index (χ1) is 9.33. The van der Waals surface area contributed by atoms with Gasteiger partial charge >= 0.3 is 0 Å². The third-order valence-electron chi connectivity index (χ3n) is 2.89. The van der Waals surface area contributed by atoms with Crippen molar-refractivity contribution in [1.29, 1.82) is 0 Å². The van der Waals surface area contributed by atoms with E-state index in [1.165, 1.54) is 0 Å². The van der Waals surface area contributed by atoms with Crippen LogP contribution in [0.4, 0.5) is 5.69 Å². The molecule has 1 aromatic heterocycles. The van der Waals surface area contributed by atoms with Crippen LogP contribution in [0.3, 0.4) is 0 Å². The predicted octanol–water partition coefficient (Wildman–Crippen LogP) is 3.28. The van der Waals surface area contributed by atoms with E-state index in [4.69, 9.17) is 0 Å². The molecule has 0 aliphatic rings. The second-order valence-electron chi connectivity index (χ2n) is 4.24. The van der Waals surface area contributed by atoms with E-state index in [0.717, 1.165) is 16.5 Å². The molecule has 0 saturated heterocycles. The van der Waals surface area contributed by atoms with Crippen LogP contribution in [-0.4, -0.2) is 11.2 Å². The fraction of sp³-hybridized carbons (Fsp3) is 0. The van der Waals surface area contributed by atoms with Gasteiger partial charge in [0.05, 0.1) is 0 Å². The maximum atomic E-state index is 11.9. The third kappa shape index (κ3) is 2.45. The average Bonchev–Trinajstić information content (AvgIpc) is 2.46. The first-order valence-electron chi connectivity index (χ1n) is 6.04. The smallest absolute Gasteiger partial charge is 0.274 e. The van der Waals surface area contributed by atoms with Gasteiger partial charge in [0.25, 0.3) is 5.56 Å². The molecule has 1 heterocycles. The van der Waals surface area contributed by atoms with Gasteiger partial charge in [-0.05, 0) is 17.7 Å². The van der Waals surface area contributed by atoms with E-state index in [1.807, 2.05) is 54.6 Å². The number of pyridine rings is 1. The molecule has 0 amide bonds. The van der Waals surface area contributed by atoms with Crippen molar-refractivity contribution >= 4 is 22.8 Å². The summed E-state index contributed by atoms with van der Waals surface area (Å²) in [6.07, 6.45) is 1.69. The van der Waals surface area contributed by atoms with E-state index < -0.39 is 0 Å². The fourth-order valence-corrected chi connectivity index (χ4v) is 1.91. The largest absolute Gasteiger partial charge is 0.320 e. The molecule has 0 fully saturated rings. The van der Waals surface area contributed by atoms with Gasteiger partial charge in [-0.15, -0.1) is 0 Å². The minimum absolute atomic E-state index is 0.175. The second-order valence-corrected chi connectivity index (χ2v) is 4.24. The number of aromatic amines is 1. The lowest BCUT2D eigenvalue weighted by molar-refractivity contribution is 1.28. The van der Waals surface area contributed by atoms with Crippen molar-refractivity contribution in [2.24, 2.45) is 4.99 Å². The van der Waals surface area contributed by atoms with Crippen LogP contribution >= 0.6 is 0 Å². The SMILES string of the molecule is O=c1[nH]c2ccccc2cc1N=Cc1ccccc1. The number of rotatable bonds is 2. The number of hydrogen-bond donors (Lipinski definition) is 1. The van der Waals surface area contributed by atoms with Gasteiger partial charge in [0.2, 0.25) is 0 Å². The van der Waals surface area contributed by atoms with E-state index in [0.29, 0.717) is 5.69 Å². The molecule has 92 valence electrons. The summed E-state index contributed by atoms with van der Waals surface area (Å²) in [6.45, 7) is 0. The molecule has 2 aromatic carbocycles. The number of para-hydroxylation sites is 1. The lowest BCUT2D eigenvalue weighted by Crippen LogP contribution is -2.04. The van der Waals surface area contributed by atoms with Crippen molar-refractivity contribution in [2.45, 2.75) is 0 Å². The van der Waals surface area contributed by atoms with Crippen molar-refractivity contribution in [2.75, 3.05) is 0 Å². The van der Waals surface area contributed by atoms with E-state index in [-0.39, 0.29) is 5.56 Å². The van der Waals surface area contributed by atoms with Gasteiger partial charge < -0.3 is 4.98 Å². The van der Waals surface area contributed by atoms with Crippen molar-refractivity contribution in [3.63, 3.8) is 0 Å². The summed E-state index contributed by atoms with van der Waals surface area (Å²) < 4.78 is 0. The summed E-state index contributed by atoms with van der Waals surface area (Å²) in [5, 5.41) is 0.974. The van der Waals surface area contributed by atoms with E-state index >= 15 is 0 Å². The summed E-state index contributed by atoms with van der Waals surface area (Å²) >= 11 is 0. The van der Waals surface area contributed by atoms with Crippen LogP contribution in [0.1, 0.15) is 5.56 Å². The number of nitrogens with zero attached hydrogens (tertiary/aromatic N) is 1. The Morgan fingerprint density at radius 3 is 2.53 bits per heavy atom. The molecule has 0 atom stereocenters. The Balaban J connectivity index is 2.04. The zero-order chi connectivity index (χ0) is 13.1. The molecule has 3 nitrogen and oxygen atoms in total. The summed E-state index contributed by atoms with van der Waals surface area (Å²) in [7, 11) is 0. The highest BCUT2D eigenvalue weighted by atomic mass is 16.1. The quantitative estimate of drug-likeness (QED) is 0.695. The van der Waals surface area contributed by atoms with E-state index in [2.05, 4.69) is 9.98 Å². The third-order valence-corrected chi connectivity index (χ3v) is 2.89. The number of H-pyrrole nitrogens is 1. The fourth-order valence-electron chi connectivity index (χ4n) is 1.91. The Hall–Kier alpha value is -2.68. The molecule has 0 aliphatic heterocycles. The highest BCUT2D eigenvalue weighted by Crippen LogP contribution is 2.14. The lowest BCUT2D eigenvalue weighted by atomic mass is 10.2. The first kappa shape index (κ1) is 11.4. The maximum Gasteiger partial charge on any atom is 0.274 e. The monoisotopic (exact) mass is 248 g/mol. The summed E-state index contributed by atoms with van der Waals surface area (Å²) in [6, 6.07) is 19.2. The minimum atomic E-state index is -0.175. The molecule has 0 saturated carbocycles. The number of fused-ring (bicyclic) bond motifs is 1. The van der Waals surface area contributed by atoms with Crippen molar-refractivity contribution in [1.82, 2.24) is 4.98 Å². The summed E-state index contributed by atoms with van der Waals surface area (Å²) in [5.41, 5.74) is 2.04. The standard InChI is InChI=1S/C16H12N2O/c19-16-15(17-11-12-6-2-1-3-7-12)10-13-8-4-5-9-14(13)18-16/h1-11H,(H,18,19). The van der Waals surface area contributed by atoms with Crippen LogP contribution in [0.25, 0.3) is 10.9 Å². The van der Waals surface area contributed by atoms with Crippen molar-refractivity contribution < 1.29 is 0 Å². The Morgan fingerprint density at radius 1 is 0.947 bits per heavy atom. The van der Waals surface area contributed by atoms with Crippen LogP contribution in [0.2, 0.25) is 0 Å². The molecule has 3 aromatic rings. The molecule has 0 unspecified atom stereocenters. The Kier molecular flexibility index (Phi) is 2.94. The zero-order valence-electron chi connectivity index (χ0n) is 10.2. The number of benzene rings is 2.